The van der Waals surface area contributed by atoms with Gasteiger partial charge in [-0.1, -0.05) is 38.1 Å². The summed E-state index contributed by atoms with van der Waals surface area (Å²) in [6.45, 7) is 4.83. The molecule has 0 aromatic heterocycles. The lowest BCUT2D eigenvalue weighted by Gasteiger charge is -2.19. The van der Waals surface area contributed by atoms with E-state index in [9.17, 15) is 19.2 Å². The summed E-state index contributed by atoms with van der Waals surface area (Å²) in [7, 11) is 0. The molecule has 0 radical (unpaired) electrons. The van der Waals surface area contributed by atoms with E-state index < -0.39 is 18.0 Å². The number of esters is 1. The van der Waals surface area contributed by atoms with Gasteiger partial charge in [0.15, 0.2) is 17.7 Å². The highest BCUT2D eigenvalue weighted by molar-refractivity contribution is 6.28. The van der Waals surface area contributed by atoms with Crippen LogP contribution in [0, 0.1) is 5.92 Å². The molecular weight excluding hydrogens is 346 g/mol. The minimum atomic E-state index is -0.978. The fraction of sp³-hybridized carbons (Fsp3) is 0.238. The van der Waals surface area contributed by atoms with E-state index >= 15 is 0 Å². The summed E-state index contributed by atoms with van der Waals surface area (Å²) < 4.78 is 5.07. The van der Waals surface area contributed by atoms with Crippen molar-refractivity contribution >= 4 is 29.1 Å². The number of amides is 1. The van der Waals surface area contributed by atoms with Crippen molar-refractivity contribution in [3.05, 3.63) is 64.7 Å². The molecule has 0 heterocycles. The lowest BCUT2D eigenvalue weighted by Crippen LogP contribution is -2.31. The number of anilines is 1. The summed E-state index contributed by atoms with van der Waals surface area (Å²) in [5.41, 5.74) is 1.62. The Morgan fingerprint density at radius 3 is 2.00 bits per heavy atom. The van der Waals surface area contributed by atoms with Gasteiger partial charge in [0.05, 0.1) is 5.92 Å². The van der Waals surface area contributed by atoms with E-state index in [4.69, 9.17) is 4.74 Å². The topological polar surface area (TPSA) is 89.5 Å². The molecule has 6 heteroatoms. The first kappa shape index (κ1) is 18.5. The molecule has 2 aromatic carbocycles. The standard InChI is InChI=1S/C21H19NO5/c1-11(2)21(26)27-12(3)20(25)22-13-8-9-16-17(10-13)19(24)15-7-5-4-6-14(15)18(16)23/h4-12H,1-3H3,(H,22,25). The smallest absolute Gasteiger partial charge is 0.309 e. The molecule has 1 aliphatic carbocycles. The van der Waals surface area contributed by atoms with Gasteiger partial charge in [-0.15, -0.1) is 0 Å². The van der Waals surface area contributed by atoms with Crippen LogP contribution in [0.1, 0.15) is 52.6 Å². The van der Waals surface area contributed by atoms with Gasteiger partial charge in [0, 0.05) is 27.9 Å². The average Bonchev–Trinajstić information content (AvgIpc) is 2.65. The number of nitrogens with one attached hydrogen (secondary N) is 1. The predicted molar refractivity (Wildman–Crippen MR) is 98.8 cm³/mol. The number of fused-ring (bicyclic) bond motifs is 2. The van der Waals surface area contributed by atoms with Gasteiger partial charge in [-0.05, 0) is 25.1 Å². The Hall–Kier alpha value is -3.28. The van der Waals surface area contributed by atoms with Gasteiger partial charge >= 0.3 is 5.97 Å². The molecule has 0 bridgehead atoms. The minimum absolute atomic E-state index is 0.225. The lowest BCUT2D eigenvalue weighted by molar-refractivity contribution is -0.156. The maximum atomic E-state index is 12.7. The van der Waals surface area contributed by atoms with Crippen molar-refractivity contribution in [1.82, 2.24) is 0 Å². The molecule has 1 atom stereocenters. The van der Waals surface area contributed by atoms with Crippen LogP contribution in [0.5, 0.6) is 0 Å². The van der Waals surface area contributed by atoms with E-state index in [1.165, 1.54) is 19.1 Å². The van der Waals surface area contributed by atoms with E-state index in [0.29, 0.717) is 22.4 Å². The van der Waals surface area contributed by atoms with Crippen LogP contribution in [0.4, 0.5) is 5.69 Å². The SMILES string of the molecule is CC(C)C(=O)OC(C)C(=O)Nc1ccc2c(c1)C(=O)c1ccccc1C2=O. The van der Waals surface area contributed by atoms with E-state index in [2.05, 4.69) is 5.32 Å². The summed E-state index contributed by atoms with van der Waals surface area (Å²) in [5.74, 6) is -1.82. The first-order valence-corrected chi connectivity index (χ1v) is 8.63. The molecule has 138 valence electrons. The fourth-order valence-electron chi connectivity index (χ4n) is 2.78. The fourth-order valence-corrected chi connectivity index (χ4v) is 2.78. The lowest BCUT2D eigenvalue weighted by atomic mass is 9.84. The highest BCUT2D eigenvalue weighted by atomic mass is 16.5. The molecule has 0 saturated heterocycles. The van der Waals surface area contributed by atoms with Crippen molar-refractivity contribution in [1.29, 1.82) is 0 Å². The van der Waals surface area contributed by atoms with E-state index in [-0.39, 0.29) is 23.0 Å². The quantitative estimate of drug-likeness (QED) is 0.718. The average molecular weight is 365 g/mol. The van der Waals surface area contributed by atoms with Crippen LogP contribution < -0.4 is 5.32 Å². The van der Waals surface area contributed by atoms with Crippen molar-refractivity contribution in [2.45, 2.75) is 26.9 Å². The molecule has 27 heavy (non-hydrogen) atoms. The number of carbonyl (C=O) groups is 4. The van der Waals surface area contributed by atoms with Crippen LogP contribution in [0.15, 0.2) is 42.5 Å². The molecule has 6 nitrogen and oxygen atoms in total. The van der Waals surface area contributed by atoms with Gasteiger partial charge in [-0.3, -0.25) is 19.2 Å². The molecule has 0 saturated carbocycles. The van der Waals surface area contributed by atoms with Crippen LogP contribution in [0.3, 0.4) is 0 Å². The molecule has 1 N–H and O–H groups in total. The zero-order valence-corrected chi connectivity index (χ0v) is 15.2. The second-order valence-electron chi connectivity index (χ2n) is 6.69. The molecule has 0 fully saturated rings. The zero-order chi connectivity index (χ0) is 19.7. The second-order valence-corrected chi connectivity index (χ2v) is 6.69. The maximum Gasteiger partial charge on any atom is 0.309 e. The van der Waals surface area contributed by atoms with Crippen molar-refractivity contribution in [2.24, 2.45) is 5.92 Å². The molecule has 0 spiro atoms. The third kappa shape index (κ3) is 3.51. The summed E-state index contributed by atoms with van der Waals surface area (Å²) >= 11 is 0. The Kier molecular flexibility index (Phi) is 4.90. The van der Waals surface area contributed by atoms with Crippen LogP contribution in [0.2, 0.25) is 0 Å². The Labute approximate surface area is 156 Å². The van der Waals surface area contributed by atoms with Crippen LogP contribution in [0.25, 0.3) is 0 Å². The number of rotatable bonds is 4. The van der Waals surface area contributed by atoms with Crippen LogP contribution in [-0.2, 0) is 14.3 Å². The predicted octanol–water partition coefficient (Wildman–Crippen LogP) is 2.99. The van der Waals surface area contributed by atoms with Gasteiger partial charge in [0.25, 0.3) is 5.91 Å². The zero-order valence-electron chi connectivity index (χ0n) is 15.2. The Balaban J connectivity index is 1.82. The normalized spacial score (nSPS) is 13.6. The summed E-state index contributed by atoms with van der Waals surface area (Å²) in [5, 5.41) is 2.62. The number of benzene rings is 2. The number of hydrogen-bond donors (Lipinski definition) is 1. The van der Waals surface area contributed by atoms with Gasteiger partial charge in [-0.2, -0.15) is 0 Å². The van der Waals surface area contributed by atoms with Crippen LogP contribution >= 0.6 is 0 Å². The number of carbonyl (C=O) groups excluding carboxylic acids is 4. The molecule has 1 unspecified atom stereocenters. The Bertz CT molecular complexity index is 961. The van der Waals surface area contributed by atoms with Gasteiger partial charge in [0.2, 0.25) is 0 Å². The van der Waals surface area contributed by atoms with E-state index in [0.717, 1.165) is 0 Å². The van der Waals surface area contributed by atoms with Gasteiger partial charge in [0.1, 0.15) is 0 Å². The highest BCUT2D eigenvalue weighted by Crippen LogP contribution is 2.29. The van der Waals surface area contributed by atoms with Crippen molar-refractivity contribution < 1.29 is 23.9 Å². The van der Waals surface area contributed by atoms with Crippen molar-refractivity contribution in [2.75, 3.05) is 5.32 Å². The first-order chi connectivity index (χ1) is 12.8. The van der Waals surface area contributed by atoms with Gasteiger partial charge < -0.3 is 10.1 Å². The number of ketones is 2. The Morgan fingerprint density at radius 1 is 0.852 bits per heavy atom. The molecule has 0 aliphatic heterocycles. The third-order valence-corrected chi connectivity index (χ3v) is 4.33. The summed E-state index contributed by atoms with van der Waals surface area (Å²) in [6.07, 6.45) is -0.978. The molecular formula is C21H19NO5. The monoisotopic (exact) mass is 365 g/mol. The maximum absolute atomic E-state index is 12.7. The molecule has 1 aliphatic rings. The Morgan fingerprint density at radius 2 is 1.41 bits per heavy atom. The van der Waals surface area contributed by atoms with Crippen molar-refractivity contribution in [3.63, 3.8) is 0 Å². The van der Waals surface area contributed by atoms with E-state index in [1.54, 1.807) is 44.2 Å². The molecule has 2 aromatic rings. The highest BCUT2D eigenvalue weighted by Gasteiger charge is 2.29. The summed E-state index contributed by atoms with van der Waals surface area (Å²) in [6, 6.07) is 11.2. The molecule has 1 amide bonds. The van der Waals surface area contributed by atoms with E-state index in [1.807, 2.05) is 0 Å². The number of hydrogen-bond acceptors (Lipinski definition) is 5. The second kappa shape index (κ2) is 7.15. The van der Waals surface area contributed by atoms with Crippen LogP contribution in [-0.4, -0.2) is 29.5 Å². The number of ether oxygens (including phenoxy) is 1. The first-order valence-electron chi connectivity index (χ1n) is 8.63. The largest absolute Gasteiger partial charge is 0.452 e. The molecule has 3 rings (SSSR count). The summed E-state index contributed by atoms with van der Waals surface area (Å²) in [4.78, 5) is 49.2. The minimum Gasteiger partial charge on any atom is -0.452 e. The third-order valence-electron chi connectivity index (χ3n) is 4.33. The van der Waals surface area contributed by atoms with Crippen molar-refractivity contribution in [3.8, 4) is 0 Å². The van der Waals surface area contributed by atoms with Gasteiger partial charge in [-0.25, -0.2) is 0 Å².